The topological polar surface area (TPSA) is 79.8 Å². The summed E-state index contributed by atoms with van der Waals surface area (Å²) in [6.07, 6.45) is 7.23. The largest absolute Gasteiger partial charge is 0.367 e. The highest BCUT2D eigenvalue weighted by atomic mass is 16.1. The van der Waals surface area contributed by atoms with Crippen molar-refractivity contribution in [2.75, 3.05) is 18.4 Å². The summed E-state index contributed by atoms with van der Waals surface area (Å²) in [5, 5.41) is 6.99. The van der Waals surface area contributed by atoms with Crippen LogP contribution in [0.15, 0.2) is 48.9 Å². The molecule has 0 unspecified atom stereocenters. The van der Waals surface area contributed by atoms with Crippen molar-refractivity contribution in [1.29, 1.82) is 0 Å². The van der Waals surface area contributed by atoms with Crippen LogP contribution in [-0.2, 0) is 0 Å². The number of pyridine rings is 1. The lowest BCUT2D eigenvalue weighted by Gasteiger charge is -2.10. The van der Waals surface area contributed by atoms with E-state index < -0.39 is 0 Å². The van der Waals surface area contributed by atoms with Crippen LogP contribution in [0.2, 0.25) is 0 Å². The minimum Gasteiger partial charge on any atom is -0.367 e. The van der Waals surface area contributed by atoms with E-state index in [4.69, 9.17) is 4.98 Å². The average Bonchev–Trinajstić information content (AvgIpc) is 3.50. The summed E-state index contributed by atoms with van der Waals surface area (Å²) >= 11 is 0. The van der Waals surface area contributed by atoms with Crippen molar-refractivity contribution in [3.05, 3.63) is 60.2 Å². The smallest absolute Gasteiger partial charge is 0.252 e. The van der Waals surface area contributed by atoms with E-state index >= 15 is 0 Å². The molecule has 6 nitrogen and oxygen atoms in total. The monoisotopic (exact) mass is 333 g/mol. The predicted molar refractivity (Wildman–Crippen MR) is 96.6 cm³/mol. The summed E-state index contributed by atoms with van der Waals surface area (Å²) in [6, 6.07) is 9.76. The molecule has 2 N–H and O–H groups in total. The maximum Gasteiger partial charge on any atom is 0.252 e. The molecule has 1 fully saturated rings. The zero-order valence-corrected chi connectivity index (χ0v) is 13.8. The quantitative estimate of drug-likeness (QED) is 0.678. The van der Waals surface area contributed by atoms with E-state index in [1.807, 2.05) is 30.3 Å². The second-order valence-electron chi connectivity index (χ2n) is 6.16. The molecule has 1 saturated carbocycles. The van der Waals surface area contributed by atoms with Crippen LogP contribution in [0.3, 0.4) is 0 Å². The third kappa shape index (κ3) is 3.57. The van der Waals surface area contributed by atoms with Crippen molar-refractivity contribution in [3.8, 4) is 0 Å². The number of fused-ring (bicyclic) bond motifs is 1. The SMILES string of the molecule is O=C(NCCNc1cnccn1)c1cc(C2CC2)nc2ccccc12. The fraction of sp³-hybridized carbons (Fsp3) is 0.263. The summed E-state index contributed by atoms with van der Waals surface area (Å²) in [5.74, 6) is 1.14. The highest BCUT2D eigenvalue weighted by Crippen LogP contribution is 2.40. The molecular weight excluding hydrogens is 314 g/mol. The van der Waals surface area contributed by atoms with Crippen LogP contribution in [0.5, 0.6) is 0 Å². The van der Waals surface area contributed by atoms with Gasteiger partial charge >= 0.3 is 0 Å². The fourth-order valence-electron chi connectivity index (χ4n) is 2.82. The molecule has 0 radical (unpaired) electrons. The second-order valence-corrected chi connectivity index (χ2v) is 6.16. The van der Waals surface area contributed by atoms with Gasteiger partial charge in [-0.1, -0.05) is 18.2 Å². The van der Waals surface area contributed by atoms with E-state index in [-0.39, 0.29) is 5.91 Å². The van der Waals surface area contributed by atoms with E-state index in [9.17, 15) is 4.79 Å². The van der Waals surface area contributed by atoms with Gasteiger partial charge in [0.05, 0.1) is 17.3 Å². The molecule has 1 amide bonds. The van der Waals surface area contributed by atoms with Crippen molar-refractivity contribution in [3.63, 3.8) is 0 Å². The van der Waals surface area contributed by atoms with E-state index in [1.54, 1.807) is 18.6 Å². The second kappa shape index (κ2) is 6.84. The van der Waals surface area contributed by atoms with Gasteiger partial charge in [-0.05, 0) is 25.0 Å². The highest BCUT2D eigenvalue weighted by molar-refractivity contribution is 6.06. The molecule has 4 rings (SSSR count). The third-order valence-corrected chi connectivity index (χ3v) is 4.26. The Morgan fingerprint density at radius 2 is 2.04 bits per heavy atom. The molecule has 1 aliphatic rings. The van der Waals surface area contributed by atoms with Gasteiger partial charge in [-0.25, -0.2) is 4.98 Å². The number of hydrogen-bond donors (Lipinski definition) is 2. The van der Waals surface area contributed by atoms with Crippen LogP contribution in [0.1, 0.15) is 34.8 Å². The number of benzene rings is 1. The number of anilines is 1. The molecule has 126 valence electrons. The Labute approximate surface area is 145 Å². The molecular formula is C19H19N5O. The maximum absolute atomic E-state index is 12.7. The first-order chi connectivity index (χ1) is 12.3. The Hall–Kier alpha value is -3.02. The number of carbonyl (C=O) groups excluding carboxylic acids is 1. The Morgan fingerprint density at radius 1 is 1.16 bits per heavy atom. The van der Waals surface area contributed by atoms with Crippen molar-refractivity contribution < 1.29 is 4.79 Å². The van der Waals surface area contributed by atoms with Crippen LogP contribution in [-0.4, -0.2) is 33.9 Å². The van der Waals surface area contributed by atoms with Gasteiger partial charge in [0.2, 0.25) is 0 Å². The normalized spacial score (nSPS) is 13.6. The van der Waals surface area contributed by atoms with Gasteiger partial charge in [0, 0.05) is 42.5 Å². The van der Waals surface area contributed by atoms with Crippen molar-refractivity contribution in [2.45, 2.75) is 18.8 Å². The lowest BCUT2D eigenvalue weighted by atomic mass is 10.1. The average molecular weight is 333 g/mol. The number of nitrogens with zero attached hydrogens (tertiary/aromatic N) is 3. The first kappa shape index (κ1) is 15.5. The van der Waals surface area contributed by atoms with Gasteiger partial charge in [-0.2, -0.15) is 0 Å². The Kier molecular flexibility index (Phi) is 4.24. The first-order valence-electron chi connectivity index (χ1n) is 8.49. The number of carbonyl (C=O) groups is 1. The third-order valence-electron chi connectivity index (χ3n) is 4.26. The number of amides is 1. The lowest BCUT2D eigenvalue weighted by Crippen LogP contribution is -2.29. The van der Waals surface area contributed by atoms with E-state index in [2.05, 4.69) is 20.6 Å². The standard InChI is InChI=1S/C19H19N5O/c25-19(23-10-9-22-18-12-20-7-8-21-18)15-11-17(13-5-6-13)24-16-4-2-1-3-14(15)16/h1-4,7-8,11-13H,5-6,9-10H2,(H,21,22)(H,23,25). The van der Waals surface area contributed by atoms with E-state index in [0.29, 0.717) is 30.4 Å². The number of hydrogen-bond acceptors (Lipinski definition) is 5. The molecule has 3 aromatic rings. The van der Waals surface area contributed by atoms with Gasteiger partial charge in [0.1, 0.15) is 5.82 Å². The van der Waals surface area contributed by atoms with Crippen molar-refractivity contribution in [1.82, 2.24) is 20.3 Å². The van der Waals surface area contributed by atoms with Crippen LogP contribution < -0.4 is 10.6 Å². The molecule has 0 spiro atoms. The molecule has 0 bridgehead atoms. The van der Waals surface area contributed by atoms with Crippen LogP contribution in [0, 0.1) is 0 Å². The van der Waals surface area contributed by atoms with Crippen LogP contribution >= 0.6 is 0 Å². The van der Waals surface area contributed by atoms with E-state index in [1.165, 1.54) is 0 Å². The van der Waals surface area contributed by atoms with Crippen LogP contribution in [0.4, 0.5) is 5.82 Å². The van der Waals surface area contributed by atoms with Crippen molar-refractivity contribution >= 4 is 22.6 Å². The molecule has 2 heterocycles. The lowest BCUT2D eigenvalue weighted by molar-refractivity contribution is 0.0956. The molecule has 0 aliphatic heterocycles. The fourth-order valence-corrected chi connectivity index (χ4v) is 2.82. The zero-order chi connectivity index (χ0) is 17.1. The van der Waals surface area contributed by atoms with Gasteiger partial charge in [0.25, 0.3) is 5.91 Å². The minimum atomic E-state index is -0.0681. The summed E-state index contributed by atoms with van der Waals surface area (Å²) in [7, 11) is 0. The van der Waals surface area contributed by atoms with Gasteiger partial charge in [-0.3, -0.25) is 14.8 Å². The Balaban J connectivity index is 1.46. The molecule has 1 aliphatic carbocycles. The summed E-state index contributed by atoms with van der Waals surface area (Å²) < 4.78 is 0. The van der Waals surface area contributed by atoms with Crippen LogP contribution in [0.25, 0.3) is 10.9 Å². The molecule has 6 heteroatoms. The van der Waals surface area contributed by atoms with Gasteiger partial charge in [-0.15, -0.1) is 0 Å². The molecule has 2 aromatic heterocycles. The zero-order valence-electron chi connectivity index (χ0n) is 13.8. The summed E-state index contributed by atoms with van der Waals surface area (Å²) in [4.78, 5) is 25.5. The number of nitrogens with one attached hydrogen (secondary N) is 2. The Bertz CT molecular complexity index is 893. The Morgan fingerprint density at radius 3 is 2.84 bits per heavy atom. The molecule has 0 saturated heterocycles. The number of para-hydroxylation sites is 1. The minimum absolute atomic E-state index is 0.0681. The van der Waals surface area contributed by atoms with E-state index in [0.717, 1.165) is 29.4 Å². The summed E-state index contributed by atoms with van der Waals surface area (Å²) in [5.41, 5.74) is 2.61. The first-order valence-corrected chi connectivity index (χ1v) is 8.49. The highest BCUT2D eigenvalue weighted by Gasteiger charge is 2.26. The van der Waals surface area contributed by atoms with Gasteiger partial charge < -0.3 is 10.6 Å². The molecule has 0 atom stereocenters. The number of rotatable bonds is 6. The number of aromatic nitrogens is 3. The maximum atomic E-state index is 12.7. The van der Waals surface area contributed by atoms with Gasteiger partial charge in [0.15, 0.2) is 0 Å². The predicted octanol–water partition coefficient (Wildman–Crippen LogP) is 2.74. The van der Waals surface area contributed by atoms with Crippen molar-refractivity contribution in [2.24, 2.45) is 0 Å². The molecule has 1 aromatic carbocycles. The molecule has 25 heavy (non-hydrogen) atoms. The summed E-state index contributed by atoms with van der Waals surface area (Å²) in [6.45, 7) is 1.09.